The van der Waals surface area contributed by atoms with Gasteiger partial charge >= 0.3 is 6.09 Å². The molecule has 2 N–H and O–H groups in total. The van der Waals surface area contributed by atoms with E-state index in [1.807, 2.05) is 27.7 Å². The lowest BCUT2D eigenvalue weighted by Crippen LogP contribution is -2.43. The first kappa shape index (κ1) is 11.3. The SMILES string of the molecule is CC1CC1(CO)NC(=O)OC(C)(C)C. The summed E-state index contributed by atoms with van der Waals surface area (Å²) in [5, 5.41) is 11.8. The Morgan fingerprint density at radius 2 is 2.14 bits per heavy atom. The van der Waals surface area contributed by atoms with E-state index in [4.69, 9.17) is 9.84 Å². The highest BCUT2D eigenvalue weighted by Gasteiger charge is 2.52. The second kappa shape index (κ2) is 3.42. The molecule has 4 heteroatoms. The number of alkyl carbamates (subject to hydrolysis) is 1. The number of nitrogens with one attached hydrogen (secondary N) is 1. The van der Waals surface area contributed by atoms with E-state index >= 15 is 0 Å². The third-order valence-corrected chi connectivity index (χ3v) is 2.49. The number of hydrogen-bond donors (Lipinski definition) is 2. The molecule has 1 rings (SSSR count). The summed E-state index contributed by atoms with van der Waals surface area (Å²) in [5.41, 5.74) is -0.915. The second-order valence-electron chi connectivity index (χ2n) is 5.05. The van der Waals surface area contributed by atoms with Crippen molar-refractivity contribution >= 4 is 6.09 Å². The maximum absolute atomic E-state index is 11.4. The molecule has 0 aromatic heterocycles. The van der Waals surface area contributed by atoms with Gasteiger partial charge in [-0.1, -0.05) is 6.92 Å². The van der Waals surface area contributed by atoms with Crippen LogP contribution in [0.25, 0.3) is 0 Å². The zero-order chi connectivity index (χ0) is 11.0. The van der Waals surface area contributed by atoms with Gasteiger partial charge in [0, 0.05) is 0 Å². The Bertz CT molecular complexity index is 230. The van der Waals surface area contributed by atoms with Gasteiger partial charge in [0.2, 0.25) is 0 Å². The first-order valence-corrected chi connectivity index (χ1v) is 4.91. The van der Waals surface area contributed by atoms with E-state index in [1.165, 1.54) is 0 Å². The molecule has 1 fully saturated rings. The number of rotatable bonds is 2. The summed E-state index contributed by atoms with van der Waals surface area (Å²) in [4.78, 5) is 11.4. The van der Waals surface area contributed by atoms with Gasteiger partial charge in [-0.2, -0.15) is 0 Å². The molecule has 14 heavy (non-hydrogen) atoms. The lowest BCUT2D eigenvalue weighted by molar-refractivity contribution is 0.0463. The summed E-state index contributed by atoms with van der Waals surface area (Å²) >= 11 is 0. The van der Waals surface area contributed by atoms with Crippen molar-refractivity contribution in [1.29, 1.82) is 0 Å². The van der Waals surface area contributed by atoms with Crippen LogP contribution in [0, 0.1) is 5.92 Å². The number of aliphatic hydroxyl groups excluding tert-OH is 1. The van der Waals surface area contributed by atoms with Crippen LogP contribution in [0.15, 0.2) is 0 Å². The van der Waals surface area contributed by atoms with Gasteiger partial charge in [-0.25, -0.2) is 4.79 Å². The number of aliphatic hydroxyl groups is 1. The molecule has 0 heterocycles. The molecular formula is C10H19NO3. The van der Waals surface area contributed by atoms with Gasteiger partial charge in [-0.05, 0) is 33.1 Å². The maximum atomic E-state index is 11.4. The van der Waals surface area contributed by atoms with E-state index in [9.17, 15) is 4.79 Å². The Balaban J connectivity index is 2.42. The van der Waals surface area contributed by atoms with E-state index < -0.39 is 17.2 Å². The highest BCUT2D eigenvalue weighted by molar-refractivity contribution is 5.69. The van der Waals surface area contributed by atoms with Crippen LogP contribution in [-0.2, 0) is 4.74 Å². The fourth-order valence-corrected chi connectivity index (χ4v) is 1.43. The van der Waals surface area contributed by atoms with Crippen LogP contribution >= 0.6 is 0 Å². The summed E-state index contributed by atoms with van der Waals surface area (Å²) in [7, 11) is 0. The van der Waals surface area contributed by atoms with Crippen molar-refractivity contribution in [1.82, 2.24) is 5.32 Å². The Morgan fingerprint density at radius 1 is 1.64 bits per heavy atom. The zero-order valence-corrected chi connectivity index (χ0v) is 9.26. The Labute approximate surface area is 84.6 Å². The minimum Gasteiger partial charge on any atom is -0.444 e. The molecule has 0 bridgehead atoms. The van der Waals surface area contributed by atoms with Gasteiger partial charge < -0.3 is 15.2 Å². The van der Waals surface area contributed by atoms with Crippen LogP contribution in [0.1, 0.15) is 34.1 Å². The normalized spacial score (nSPS) is 31.1. The summed E-state index contributed by atoms with van der Waals surface area (Å²) in [5.74, 6) is 0.333. The van der Waals surface area contributed by atoms with E-state index in [-0.39, 0.29) is 6.61 Å². The number of ether oxygens (including phenoxy) is 1. The molecular weight excluding hydrogens is 182 g/mol. The zero-order valence-electron chi connectivity index (χ0n) is 9.26. The van der Waals surface area contributed by atoms with Crippen LogP contribution in [0.5, 0.6) is 0 Å². The molecule has 0 aromatic carbocycles. The fraction of sp³-hybridized carbons (Fsp3) is 0.900. The topological polar surface area (TPSA) is 58.6 Å². The van der Waals surface area contributed by atoms with E-state index in [0.29, 0.717) is 5.92 Å². The predicted octanol–water partition coefficient (Wildman–Crippen LogP) is 1.28. The monoisotopic (exact) mass is 201 g/mol. The first-order chi connectivity index (χ1) is 6.29. The van der Waals surface area contributed by atoms with Crippen molar-refractivity contribution in [2.45, 2.75) is 45.3 Å². The van der Waals surface area contributed by atoms with Crippen molar-refractivity contribution < 1.29 is 14.6 Å². The minimum atomic E-state index is -0.487. The van der Waals surface area contributed by atoms with Gasteiger partial charge in [0.05, 0.1) is 12.1 Å². The molecule has 1 aliphatic rings. The average Bonchev–Trinajstić information content (AvgIpc) is 2.58. The van der Waals surface area contributed by atoms with Crippen molar-refractivity contribution in [3.8, 4) is 0 Å². The van der Waals surface area contributed by atoms with Gasteiger partial charge in [0.1, 0.15) is 5.60 Å². The summed E-state index contributed by atoms with van der Waals surface area (Å²) in [6.45, 7) is 7.42. The second-order valence-corrected chi connectivity index (χ2v) is 5.05. The molecule has 0 radical (unpaired) electrons. The van der Waals surface area contributed by atoms with Gasteiger partial charge in [0.25, 0.3) is 0 Å². The number of carbonyl (C=O) groups excluding carboxylic acids is 1. The Morgan fingerprint density at radius 3 is 2.43 bits per heavy atom. The summed E-state index contributed by atoms with van der Waals surface area (Å²) in [6, 6.07) is 0. The van der Waals surface area contributed by atoms with Crippen molar-refractivity contribution in [2.75, 3.05) is 6.61 Å². The average molecular weight is 201 g/mol. The lowest BCUT2D eigenvalue weighted by atomic mass is 10.2. The Kier molecular flexibility index (Phi) is 2.76. The minimum absolute atomic E-state index is 0.0204. The molecule has 1 aliphatic carbocycles. The predicted molar refractivity (Wildman–Crippen MR) is 53.0 cm³/mol. The molecule has 2 unspecified atom stereocenters. The molecule has 0 saturated heterocycles. The molecule has 0 spiro atoms. The van der Waals surface area contributed by atoms with Gasteiger partial charge in [-0.15, -0.1) is 0 Å². The number of hydrogen-bond acceptors (Lipinski definition) is 3. The molecule has 0 aromatic rings. The molecule has 1 amide bonds. The van der Waals surface area contributed by atoms with E-state index in [2.05, 4.69) is 5.32 Å². The largest absolute Gasteiger partial charge is 0.444 e. The third kappa shape index (κ3) is 2.61. The molecule has 2 atom stereocenters. The number of carbonyl (C=O) groups is 1. The van der Waals surface area contributed by atoms with Crippen LogP contribution in [0.3, 0.4) is 0 Å². The van der Waals surface area contributed by atoms with Gasteiger partial charge in [-0.3, -0.25) is 0 Å². The molecule has 4 nitrogen and oxygen atoms in total. The fourth-order valence-electron chi connectivity index (χ4n) is 1.43. The standard InChI is InChI=1S/C10H19NO3/c1-7-5-10(7,6-12)11-8(13)14-9(2,3)4/h7,12H,5-6H2,1-4H3,(H,11,13). The highest BCUT2D eigenvalue weighted by atomic mass is 16.6. The molecule has 82 valence electrons. The smallest absolute Gasteiger partial charge is 0.408 e. The summed E-state index contributed by atoms with van der Waals surface area (Å²) < 4.78 is 5.10. The highest BCUT2D eigenvalue weighted by Crippen LogP contribution is 2.42. The van der Waals surface area contributed by atoms with Gasteiger partial charge in [0.15, 0.2) is 0 Å². The van der Waals surface area contributed by atoms with Crippen LogP contribution in [-0.4, -0.2) is 28.9 Å². The van der Waals surface area contributed by atoms with Crippen LogP contribution < -0.4 is 5.32 Å². The Hall–Kier alpha value is -0.770. The number of amides is 1. The first-order valence-electron chi connectivity index (χ1n) is 4.91. The maximum Gasteiger partial charge on any atom is 0.408 e. The third-order valence-electron chi connectivity index (χ3n) is 2.49. The van der Waals surface area contributed by atoms with E-state index in [1.54, 1.807) is 0 Å². The van der Waals surface area contributed by atoms with E-state index in [0.717, 1.165) is 6.42 Å². The molecule has 1 saturated carbocycles. The quantitative estimate of drug-likeness (QED) is 0.707. The lowest BCUT2D eigenvalue weighted by Gasteiger charge is -2.22. The van der Waals surface area contributed by atoms with Crippen molar-refractivity contribution in [2.24, 2.45) is 5.92 Å². The van der Waals surface area contributed by atoms with Crippen molar-refractivity contribution in [3.63, 3.8) is 0 Å². The van der Waals surface area contributed by atoms with Crippen LogP contribution in [0.2, 0.25) is 0 Å². The van der Waals surface area contributed by atoms with Crippen molar-refractivity contribution in [3.05, 3.63) is 0 Å². The summed E-state index contributed by atoms with van der Waals surface area (Å²) in [6.07, 6.45) is 0.374. The van der Waals surface area contributed by atoms with Crippen LogP contribution in [0.4, 0.5) is 4.79 Å². The molecule has 0 aliphatic heterocycles.